The van der Waals surface area contributed by atoms with E-state index in [9.17, 15) is 0 Å². The van der Waals surface area contributed by atoms with Gasteiger partial charge in [-0.3, -0.25) is 4.40 Å². The highest BCUT2D eigenvalue weighted by molar-refractivity contribution is 6.03. The molecular weight excluding hydrogens is 460 g/mol. The Morgan fingerprint density at radius 1 is 0.649 bits per heavy atom. The zero-order chi connectivity index (χ0) is 24.9. The monoisotopic (exact) mass is 480 g/mol. The summed E-state index contributed by atoms with van der Waals surface area (Å²) in [5.74, 6) is 2.16. The van der Waals surface area contributed by atoms with Gasteiger partial charge in [0.05, 0.1) is 11.4 Å². The van der Waals surface area contributed by atoms with Gasteiger partial charge in [-0.1, -0.05) is 86.0 Å². The normalized spacial score (nSPS) is 11.5. The molecule has 0 saturated carbocycles. The molecule has 176 valence electrons. The van der Waals surface area contributed by atoms with E-state index in [1.807, 2.05) is 93.9 Å². The maximum Gasteiger partial charge on any atom is 0.248 e. The number of rotatable bonds is 5. The van der Waals surface area contributed by atoms with Gasteiger partial charge in [0.2, 0.25) is 17.4 Å². The highest BCUT2D eigenvalue weighted by Crippen LogP contribution is 2.34. The third-order valence-electron chi connectivity index (χ3n) is 6.40. The minimum atomic E-state index is 0.428. The van der Waals surface area contributed by atoms with Crippen molar-refractivity contribution in [2.24, 2.45) is 0 Å². The Morgan fingerprint density at radius 3 is 1.86 bits per heavy atom. The predicted molar refractivity (Wildman–Crippen MR) is 146 cm³/mol. The number of benzene rings is 3. The molecule has 0 fully saturated rings. The van der Waals surface area contributed by atoms with Gasteiger partial charge in [0.15, 0.2) is 11.6 Å². The molecule has 0 aliphatic carbocycles. The molecule has 0 amide bonds. The molecule has 0 N–H and O–H groups in total. The minimum absolute atomic E-state index is 0.428. The van der Waals surface area contributed by atoms with Crippen molar-refractivity contribution in [3.63, 3.8) is 0 Å². The second-order valence-corrected chi connectivity index (χ2v) is 8.53. The van der Waals surface area contributed by atoms with Crippen LogP contribution in [0.5, 0.6) is 0 Å². The lowest BCUT2D eigenvalue weighted by atomic mass is 10.2. The zero-order valence-corrected chi connectivity index (χ0v) is 19.7. The van der Waals surface area contributed by atoms with Gasteiger partial charge in [0.1, 0.15) is 11.1 Å². The van der Waals surface area contributed by atoms with Crippen molar-refractivity contribution in [3.8, 4) is 28.7 Å². The Hall–Kier alpha value is -5.30. The quantitative estimate of drug-likeness (QED) is 0.270. The molecule has 7 nitrogen and oxygen atoms in total. The first-order valence-corrected chi connectivity index (χ1v) is 11.8. The van der Waals surface area contributed by atoms with Crippen molar-refractivity contribution in [1.82, 2.24) is 28.9 Å². The molecule has 0 aliphatic rings. The van der Waals surface area contributed by atoms with E-state index >= 15 is 0 Å². The van der Waals surface area contributed by atoms with Gasteiger partial charge in [-0.15, -0.1) is 0 Å². The van der Waals surface area contributed by atoms with Crippen molar-refractivity contribution >= 4 is 40.1 Å². The lowest BCUT2D eigenvalue weighted by molar-refractivity contribution is 0.656. The fraction of sp³-hybridized carbons (Fsp3) is 0. The highest BCUT2D eigenvalue weighted by atomic mass is 16.3. The average Bonchev–Trinajstić information content (AvgIpc) is 3.59. The molecule has 37 heavy (non-hydrogen) atoms. The second kappa shape index (κ2) is 8.13. The van der Waals surface area contributed by atoms with Crippen molar-refractivity contribution in [2.45, 2.75) is 0 Å². The first kappa shape index (κ1) is 21.0. The molecule has 0 spiro atoms. The number of aromatic nitrogens is 6. The van der Waals surface area contributed by atoms with Gasteiger partial charge >= 0.3 is 0 Å². The molecule has 3 aromatic carbocycles. The van der Waals surface area contributed by atoms with Gasteiger partial charge in [-0.2, -0.15) is 15.0 Å². The Bertz CT molecular complexity index is 1900. The van der Waals surface area contributed by atoms with Crippen LogP contribution in [-0.2, 0) is 0 Å². The van der Waals surface area contributed by atoms with Crippen LogP contribution in [0, 0.1) is 0 Å². The molecular formula is C30H20N6O. The summed E-state index contributed by atoms with van der Waals surface area (Å²) in [5.41, 5.74) is 5.54. The molecule has 7 rings (SSSR count). The van der Waals surface area contributed by atoms with Crippen LogP contribution in [-0.4, -0.2) is 28.9 Å². The second-order valence-electron chi connectivity index (χ2n) is 8.53. The first-order valence-electron chi connectivity index (χ1n) is 11.8. The Morgan fingerprint density at radius 2 is 1.24 bits per heavy atom. The van der Waals surface area contributed by atoms with Crippen LogP contribution in [0.4, 0.5) is 0 Å². The number of hydrogen-bond acceptors (Lipinski definition) is 5. The number of para-hydroxylation sites is 1. The lowest BCUT2D eigenvalue weighted by Crippen LogP contribution is -2.08. The van der Waals surface area contributed by atoms with E-state index in [2.05, 4.69) is 13.2 Å². The Balaban J connectivity index is 1.59. The average molecular weight is 481 g/mol. The van der Waals surface area contributed by atoms with E-state index in [0.29, 0.717) is 29.1 Å². The van der Waals surface area contributed by atoms with Crippen molar-refractivity contribution < 1.29 is 4.42 Å². The Kier molecular flexibility index (Phi) is 4.62. The maximum atomic E-state index is 6.09. The topological polar surface area (TPSA) is 74.0 Å². The van der Waals surface area contributed by atoms with Gasteiger partial charge in [0, 0.05) is 16.5 Å². The summed E-state index contributed by atoms with van der Waals surface area (Å²) >= 11 is 0. The largest absolute Gasteiger partial charge is 0.436 e. The van der Waals surface area contributed by atoms with E-state index in [4.69, 9.17) is 24.4 Å². The number of imidazole rings is 2. The molecule has 0 bridgehead atoms. The summed E-state index contributed by atoms with van der Waals surface area (Å²) in [7, 11) is 0. The molecule has 0 aliphatic heterocycles. The summed E-state index contributed by atoms with van der Waals surface area (Å²) in [6, 6.07) is 27.6. The third kappa shape index (κ3) is 3.14. The van der Waals surface area contributed by atoms with Gasteiger partial charge in [0.25, 0.3) is 0 Å². The Labute approximate surface area is 211 Å². The van der Waals surface area contributed by atoms with E-state index in [0.717, 1.165) is 39.0 Å². The van der Waals surface area contributed by atoms with Crippen LogP contribution < -0.4 is 0 Å². The van der Waals surface area contributed by atoms with E-state index in [-0.39, 0.29) is 0 Å². The molecule has 0 saturated heterocycles. The van der Waals surface area contributed by atoms with E-state index < -0.39 is 0 Å². The fourth-order valence-corrected chi connectivity index (χ4v) is 4.75. The molecule has 4 aromatic heterocycles. The van der Waals surface area contributed by atoms with Gasteiger partial charge in [-0.05, 0) is 24.3 Å². The maximum absolute atomic E-state index is 6.09. The van der Waals surface area contributed by atoms with Gasteiger partial charge < -0.3 is 4.42 Å². The summed E-state index contributed by atoms with van der Waals surface area (Å²) in [6.07, 6.45) is 3.56. The smallest absolute Gasteiger partial charge is 0.248 e. The van der Waals surface area contributed by atoms with E-state index in [1.54, 1.807) is 12.2 Å². The number of furan rings is 1. The first-order chi connectivity index (χ1) is 18.3. The summed E-state index contributed by atoms with van der Waals surface area (Å²) in [5, 5.41) is 0.964. The van der Waals surface area contributed by atoms with Crippen LogP contribution in [0.25, 0.3) is 68.9 Å². The number of fused-ring (bicyclic) bond motifs is 5. The van der Waals surface area contributed by atoms with Crippen molar-refractivity contribution in [3.05, 3.63) is 109 Å². The highest BCUT2D eigenvalue weighted by Gasteiger charge is 2.25. The summed E-state index contributed by atoms with van der Waals surface area (Å²) in [4.78, 5) is 19.5. The van der Waals surface area contributed by atoms with Crippen LogP contribution >= 0.6 is 0 Å². The van der Waals surface area contributed by atoms with Crippen LogP contribution in [0.3, 0.4) is 0 Å². The van der Waals surface area contributed by atoms with Crippen molar-refractivity contribution in [2.75, 3.05) is 0 Å². The molecule has 0 radical (unpaired) electrons. The summed E-state index contributed by atoms with van der Waals surface area (Å²) < 4.78 is 10.00. The molecule has 7 heteroatoms. The van der Waals surface area contributed by atoms with Crippen LogP contribution in [0.1, 0.15) is 11.4 Å². The molecule has 0 unspecified atom stereocenters. The van der Waals surface area contributed by atoms with Crippen molar-refractivity contribution in [1.29, 1.82) is 0 Å². The van der Waals surface area contributed by atoms with Crippen LogP contribution in [0.2, 0.25) is 0 Å². The van der Waals surface area contributed by atoms with Gasteiger partial charge in [-0.25, -0.2) is 9.55 Å². The summed E-state index contributed by atoms with van der Waals surface area (Å²) in [6.45, 7) is 8.17. The third-order valence-corrected chi connectivity index (χ3v) is 6.40. The number of nitrogens with zero attached hydrogens (tertiary/aromatic N) is 6. The molecule has 7 aromatic rings. The predicted octanol–water partition coefficient (Wildman–Crippen LogP) is 6.83. The SMILES string of the molecule is C=Cc1c(C=C)n2c3c(nc2n1-c1nc(-c2ccccc2)nc(-c2ccccc2)n1)oc1ccccc13. The standard InChI is InChI=1S/C30H20N6O/c1-3-22-23(4-2)36(30-34-28-25(35(22)30)21-17-11-12-18-24(21)37-28)29-32-26(19-13-7-5-8-14-19)31-27(33-29)20-15-9-6-10-16-20/h3-18H,1-2H2. The number of hydrogen-bond donors (Lipinski definition) is 0. The minimum Gasteiger partial charge on any atom is -0.436 e. The molecule has 0 atom stereocenters. The lowest BCUT2D eigenvalue weighted by Gasteiger charge is -2.10. The van der Waals surface area contributed by atoms with E-state index in [1.165, 1.54) is 0 Å². The molecule has 4 heterocycles. The van der Waals surface area contributed by atoms with Crippen LogP contribution in [0.15, 0.2) is 103 Å². The zero-order valence-electron chi connectivity index (χ0n) is 19.7. The fourth-order valence-electron chi connectivity index (χ4n) is 4.75.